The molecule has 0 spiro atoms. The van der Waals surface area contributed by atoms with Crippen molar-refractivity contribution in [1.29, 1.82) is 0 Å². The van der Waals surface area contributed by atoms with Gasteiger partial charge in [-0.2, -0.15) is 15.0 Å². The first-order chi connectivity index (χ1) is 7.11. The van der Waals surface area contributed by atoms with Gasteiger partial charge < -0.3 is 10.1 Å². The topological polar surface area (TPSA) is 59.9 Å². The van der Waals surface area contributed by atoms with Crippen LogP contribution in [0.2, 0.25) is 5.28 Å². The minimum atomic E-state index is 0.0162. The lowest BCUT2D eigenvalue weighted by atomic mass is 10.5. The highest BCUT2D eigenvalue weighted by Gasteiger charge is 2.06. The third kappa shape index (κ3) is 4.29. The average molecular weight is 231 g/mol. The van der Waals surface area contributed by atoms with Crippen LogP contribution in [-0.2, 0) is 0 Å². The first-order valence-corrected chi connectivity index (χ1v) is 5.31. The van der Waals surface area contributed by atoms with Crippen LogP contribution < -0.4 is 10.1 Å². The van der Waals surface area contributed by atoms with E-state index < -0.39 is 0 Å². The van der Waals surface area contributed by atoms with Crippen LogP contribution in [0.1, 0.15) is 27.2 Å². The first-order valence-electron chi connectivity index (χ1n) is 4.94. The van der Waals surface area contributed by atoms with Crippen molar-refractivity contribution in [3.8, 4) is 6.01 Å². The lowest BCUT2D eigenvalue weighted by molar-refractivity contribution is 0.222. The van der Waals surface area contributed by atoms with Gasteiger partial charge in [0.25, 0.3) is 0 Å². The zero-order valence-electron chi connectivity index (χ0n) is 9.12. The molecule has 0 aromatic carbocycles. The highest BCUT2D eigenvalue weighted by atomic mass is 35.5. The molecule has 1 heterocycles. The van der Waals surface area contributed by atoms with E-state index >= 15 is 0 Å². The number of ether oxygens (including phenoxy) is 1. The van der Waals surface area contributed by atoms with Gasteiger partial charge in [0.15, 0.2) is 0 Å². The second-order valence-corrected chi connectivity index (χ2v) is 3.64. The Morgan fingerprint density at radius 2 is 2.07 bits per heavy atom. The Labute approximate surface area is 94.2 Å². The fourth-order valence-electron chi connectivity index (χ4n) is 0.911. The second-order valence-electron chi connectivity index (χ2n) is 3.30. The molecule has 0 saturated heterocycles. The highest BCUT2D eigenvalue weighted by Crippen LogP contribution is 2.12. The van der Waals surface area contributed by atoms with Gasteiger partial charge in [0.2, 0.25) is 11.2 Å². The molecule has 0 bridgehead atoms. The fourth-order valence-corrected chi connectivity index (χ4v) is 1.06. The molecule has 15 heavy (non-hydrogen) atoms. The van der Waals surface area contributed by atoms with E-state index in [4.69, 9.17) is 16.3 Å². The Morgan fingerprint density at radius 3 is 2.67 bits per heavy atom. The summed E-state index contributed by atoms with van der Waals surface area (Å²) in [7, 11) is 0. The van der Waals surface area contributed by atoms with Crippen molar-refractivity contribution in [3.05, 3.63) is 5.28 Å². The third-order valence-electron chi connectivity index (χ3n) is 1.46. The van der Waals surface area contributed by atoms with Crippen molar-refractivity contribution in [3.63, 3.8) is 0 Å². The minimum absolute atomic E-state index is 0.0162. The van der Waals surface area contributed by atoms with Crippen LogP contribution in [0.4, 0.5) is 5.95 Å². The van der Waals surface area contributed by atoms with Gasteiger partial charge in [-0.05, 0) is 31.9 Å². The molecule has 0 radical (unpaired) electrons. The van der Waals surface area contributed by atoms with Crippen molar-refractivity contribution >= 4 is 17.5 Å². The van der Waals surface area contributed by atoms with Crippen molar-refractivity contribution in [2.75, 3.05) is 11.9 Å². The van der Waals surface area contributed by atoms with Gasteiger partial charge in [-0.15, -0.1) is 0 Å². The predicted octanol–water partition coefficient (Wildman–Crippen LogP) is 2.13. The number of hydrogen-bond donors (Lipinski definition) is 1. The van der Waals surface area contributed by atoms with E-state index in [0.29, 0.717) is 5.95 Å². The van der Waals surface area contributed by atoms with Crippen molar-refractivity contribution in [2.45, 2.75) is 33.3 Å². The monoisotopic (exact) mass is 230 g/mol. The molecule has 0 saturated carbocycles. The number of aromatic nitrogens is 3. The molecule has 6 heteroatoms. The number of rotatable bonds is 5. The standard InChI is InChI=1S/C9H15ClN4O/c1-4-5-11-8-12-7(10)13-9(14-8)15-6(2)3/h6H,4-5H2,1-3H3,(H,11,12,13,14). The summed E-state index contributed by atoms with van der Waals surface area (Å²) < 4.78 is 5.33. The lowest BCUT2D eigenvalue weighted by Crippen LogP contribution is -2.11. The SMILES string of the molecule is CCCNc1nc(Cl)nc(OC(C)C)n1. The molecule has 1 aromatic heterocycles. The summed E-state index contributed by atoms with van der Waals surface area (Å²) in [5.74, 6) is 0.451. The van der Waals surface area contributed by atoms with Crippen LogP contribution in [0, 0.1) is 0 Å². The van der Waals surface area contributed by atoms with E-state index in [0.717, 1.165) is 13.0 Å². The molecule has 0 amide bonds. The van der Waals surface area contributed by atoms with E-state index in [1.54, 1.807) is 0 Å². The Morgan fingerprint density at radius 1 is 1.33 bits per heavy atom. The van der Waals surface area contributed by atoms with Crippen molar-refractivity contribution in [2.24, 2.45) is 0 Å². The van der Waals surface area contributed by atoms with E-state index in [-0.39, 0.29) is 17.4 Å². The predicted molar refractivity (Wildman–Crippen MR) is 59.4 cm³/mol. The van der Waals surface area contributed by atoms with Gasteiger partial charge in [0, 0.05) is 6.54 Å². The van der Waals surface area contributed by atoms with Crippen LogP contribution in [0.5, 0.6) is 6.01 Å². The molecule has 5 nitrogen and oxygen atoms in total. The van der Waals surface area contributed by atoms with E-state index in [1.165, 1.54) is 0 Å². The van der Waals surface area contributed by atoms with E-state index in [9.17, 15) is 0 Å². The Kier molecular flexibility index (Phi) is 4.55. The quantitative estimate of drug-likeness (QED) is 0.840. The number of nitrogens with one attached hydrogen (secondary N) is 1. The van der Waals surface area contributed by atoms with Gasteiger partial charge in [-0.1, -0.05) is 6.92 Å². The summed E-state index contributed by atoms with van der Waals surface area (Å²) in [5.41, 5.74) is 0. The van der Waals surface area contributed by atoms with Crippen LogP contribution in [0.15, 0.2) is 0 Å². The van der Waals surface area contributed by atoms with Gasteiger partial charge in [0.05, 0.1) is 6.10 Å². The fraction of sp³-hybridized carbons (Fsp3) is 0.667. The molecule has 0 fully saturated rings. The minimum Gasteiger partial charge on any atom is -0.461 e. The van der Waals surface area contributed by atoms with Crippen LogP contribution in [0.25, 0.3) is 0 Å². The number of hydrogen-bond acceptors (Lipinski definition) is 5. The Balaban J connectivity index is 2.75. The molecule has 1 N–H and O–H groups in total. The van der Waals surface area contributed by atoms with E-state index in [1.807, 2.05) is 13.8 Å². The lowest BCUT2D eigenvalue weighted by Gasteiger charge is -2.09. The molecule has 84 valence electrons. The van der Waals surface area contributed by atoms with Gasteiger partial charge in [0.1, 0.15) is 0 Å². The van der Waals surface area contributed by atoms with Gasteiger partial charge >= 0.3 is 6.01 Å². The normalized spacial score (nSPS) is 10.5. The van der Waals surface area contributed by atoms with E-state index in [2.05, 4.69) is 27.2 Å². The molecule has 1 rings (SSSR count). The summed E-state index contributed by atoms with van der Waals surface area (Å²) in [6, 6.07) is 0.253. The molecular formula is C9H15ClN4O. The molecule has 0 aliphatic carbocycles. The number of anilines is 1. The molecule has 0 atom stereocenters. The third-order valence-corrected chi connectivity index (χ3v) is 1.63. The molecule has 0 aliphatic heterocycles. The van der Waals surface area contributed by atoms with Gasteiger partial charge in [-0.25, -0.2) is 0 Å². The summed E-state index contributed by atoms with van der Waals surface area (Å²) >= 11 is 5.73. The largest absolute Gasteiger partial charge is 0.461 e. The highest BCUT2D eigenvalue weighted by molar-refractivity contribution is 6.28. The molecule has 0 aliphatic rings. The molecule has 0 unspecified atom stereocenters. The maximum Gasteiger partial charge on any atom is 0.322 e. The zero-order valence-corrected chi connectivity index (χ0v) is 9.88. The smallest absolute Gasteiger partial charge is 0.322 e. The van der Waals surface area contributed by atoms with Crippen LogP contribution in [-0.4, -0.2) is 27.6 Å². The van der Waals surface area contributed by atoms with Crippen LogP contribution >= 0.6 is 11.6 Å². The zero-order chi connectivity index (χ0) is 11.3. The first kappa shape index (κ1) is 12.0. The summed E-state index contributed by atoms with van der Waals surface area (Å²) in [6.07, 6.45) is 1.01. The summed E-state index contributed by atoms with van der Waals surface area (Å²) in [5, 5.41) is 3.16. The van der Waals surface area contributed by atoms with Crippen molar-refractivity contribution < 1.29 is 4.74 Å². The summed E-state index contributed by atoms with van der Waals surface area (Å²) in [4.78, 5) is 11.9. The number of halogens is 1. The van der Waals surface area contributed by atoms with Gasteiger partial charge in [-0.3, -0.25) is 0 Å². The average Bonchev–Trinajstić information content (AvgIpc) is 2.12. The Hall–Kier alpha value is -1.10. The molecular weight excluding hydrogens is 216 g/mol. The maximum atomic E-state index is 5.73. The Bertz CT molecular complexity index is 319. The van der Waals surface area contributed by atoms with Crippen molar-refractivity contribution in [1.82, 2.24) is 15.0 Å². The maximum absolute atomic E-state index is 5.73. The number of nitrogens with zero attached hydrogens (tertiary/aromatic N) is 3. The summed E-state index contributed by atoms with van der Waals surface area (Å²) in [6.45, 7) is 6.65. The van der Waals surface area contributed by atoms with Crippen LogP contribution in [0.3, 0.4) is 0 Å². The second kappa shape index (κ2) is 5.70. The molecule has 1 aromatic rings.